The van der Waals surface area contributed by atoms with Crippen LogP contribution in [0.2, 0.25) is 0 Å². The fraction of sp³-hybridized carbons (Fsp3) is 0.208. The van der Waals surface area contributed by atoms with E-state index in [0.29, 0.717) is 11.3 Å². The Kier molecular flexibility index (Phi) is 6.37. The third-order valence-corrected chi connectivity index (χ3v) is 7.31. The van der Waals surface area contributed by atoms with Gasteiger partial charge in [-0.3, -0.25) is 4.79 Å². The van der Waals surface area contributed by atoms with Gasteiger partial charge in [-0.2, -0.15) is 17.5 Å². The van der Waals surface area contributed by atoms with Crippen molar-refractivity contribution >= 4 is 21.6 Å². The monoisotopic (exact) mass is 490 g/mol. The molecule has 1 heterocycles. The summed E-state index contributed by atoms with van der Waals surface area (Å²) in [5.41, 5.74) is 0.141. The van der Waals surface area contributed by atoms with Crippen LogP contribution in [0.15, 0.2) is 77.7 Å². The van der Waals surface area contributed by atoms with Gasteiger partial charge in [0.25, 0.3) is 0 Å². The van der Waals surface area contributed by atoms with Gasteiger partial charge in [0.1, 0.15) is 10.6 Å². The number of fused-ring (bicyclic) bond motifs is 1. The molecule has 0 aliphatic carbocycles. The number of nitrogens with zero attached hydrogens (tertiary/aromatic N) is 2. The van der Waals surface area contributed by atoms with E-state index in [1.54, 1.807) is 36.4 Å². The normalized spacial score (nSPS) is 16.1. The molecule has 1 aliphatic heterocycles. The number of alkyl halides is 3. The molecule has 0 saturated heterocycles. The Bertz CT molecular complexity index is 1330. The largest absolute Gasteiger partial charge is 0.497 e. The summed E-state index contributed by atoms with van der Waals surface area (Å²) in [6.45, 7) is -0.744. The van der Waals surface area contributed by atoms with Crippen LogP contribution in [0.5, 0.6) is 5.75 Å². The van der Waals surface area contributed by atoms with E-state index in [1.807, 2.05) is 0 Å². The molecule has 0 atom stereocenters. The smallest absolute Gasteiger partial charge is 0.416 e. The molecular weight excluding hydrogens is 469 g/mol. The summed E-state index contributed by atoms with van der Waals surface area (Å²) in [7, 11) is -2.58. The molecule has 1 aliphatic rings. The number of hydrogen-bond acceptors (Lipinski definition) is 4. The minimum absolute atomic E-state index is 0.0724. The van der Waals surface area contributed by atoms with Gasteiger partial charge in [0.05, 0.1) is 31.5 Å². The van der Waals surface area contributed by atoms with Gasteiger partial charge in [-0.15, -0.1) is 0 Å². The fourth-order valence-corrected chi connectivity index (χ4v) is 5.38. The maximum atomic E-state index is 13.5. The molecule has 10 heteroatoms. The topological polar surface area (TPSA) is 66.9 Å². The van der Waals surface area contributed by atoms with Gasteiger partial charge in [-0.1, -0.05) is 36.4 Å². The second-order valence-electron chi connectivity index (χ2n) is 7.77. The number of hydrogen-bond donors (Lipinski definition) is 0. The summed E-state index contributed by atoms with van der Waals surface area (Å²) in [5, 5.41) is 0. The zero-order valence-corrected chi connectivity index (χ0v) is 18.9. The summed E-state index contributed by atoms with van der Waals surface area (Å²) in [6, 6.07) is 17.5. The molecule has 6 nitrogen and oxygen atoms in total. The van der Waals surface area contributed by atoms with E-state index in [-0.39, 0.29) is 29.2 Å². The summed E-state index contributed by atoms with van der Waals surface area (Å²) < 4.78 is 72.7. The van der Waals surface area contributed by atoms with Gasteiger partial charge >= 0.3 is 6.18 Å². The standard InChI is InChI=1S/C24H21F3N2O4S/c1-33-20-9-5-7-18(13-20)14-28-16-23(30)29(21-10-2-3-11-22(21)34(28,31)32)15-17-6-4-8-19(12-17)24(25,26)27/h2-13H,14-16H2,1H3. The van der Waals surface area contributed by atoms with Crippen LogP contribution in [0, 0.1) is 0 Å². The van der Waals surface area contributed by atoms with Crippen LogP contribution in [0.25, 0.3) is 0 Å². The molecule has 0 radical (unpaired) electrons. The fourth-order valence-electron chi connectivity index (χ4n) is 3.81. The average Bonchev–Trinajstić information content (AvgIpc) is 2.88. The number of benzene rings is 3. The molecule has 3 aromatic rings. The number of methoxy groups -OCH3 is 1. The van der Waals surface area contributed by atoms with Crippen molar-refractivity contribution in [1.29, 1.82) is 0 Å². The number of ether oxygens (including phenoxy) is 1. The molecule has 0 N–H and O–H groups in total. The first-order valence-corrected chi connectivity index (χ1v) is 11.7. The molecule has 0 spiro atoms. The summed E-state index contributed by atoms with van der Waals surface area (Å²) in [5.74, 6) is -0.00328. The molecule has 0 saturated carbocycles. The van der Waals surface area contributed by atoms with Crippen molar-refractivity contribution in [3.63, 3.8) is 0 Å². The van der Waals surface area contributed by atoms with Crippen molar-refractivity contribution in [3.8, 4) is 5.75 Å². The maximum Gasteiger partial charge on any atom is 0.416 e. The molecule has 34 heavy (non-hydrogen) atoms. The van der Waals surface area contributed by atoms with Crippen LogP contribution in [0.1, 0.15) is 16.7 Å². The SMILES string of the molecule is COc1cccc(CN2CC(=O)N(Cc3cccc(C(F)(F)F)c3)c3ccccc3S2(=O)=O)c1. The van der Waals surface area contributed by atoms with Crippen LogP contribution < -0.4 is 9.64 Å². The van der Waals surface area contributed by atoms with Crippen molar-refractivity contribution in [2.75, 3.05) is 18.6 Å². The van der Waals surface area contributed by atoms with Crippen molar-refractivity contribution in [3.05, 3.63) is 89.5 Å². The zero-order chi connectivity index (χ0) is 24.5. The Labute approximate surface area is 195 Å². The molecular formula is C24H21F3N2O4S. The number of anilines is 1. The highest BCUT2D eigenvalue weighted by Crippen LogP contribution is 2.34. The van der Waals surface area contributed by atoms with Crippen LogP contribution in [0.3, 0.4) is 0 Å². The van der Waals surface area contributed by atoms with Crippen LogP contribution >= 0.6 is 0 Å². The van der Waals surface area contributed by atoms with Crippen molar-refractivity contribution in [2.24, 2.45) is 0 Å². The Morgan fingerprint density at radius 3 is 2.29 bits per heavy atom. The summed E-state index contributed by atoms with van der Waals surface area (Å²) in [6.07, 6.45) is -4.53. The average molecular weight is 491 g/mol. The van der Waals surface area contributed by atoms with E-state index in [0.717, 1.165) is 16.4 Å². The van der Waals surface area contributed by atoms with Crippen LogP contribution in [-0.2, 0) is 34.1 Å². The van der Waals surface area contributed by atoms with Gasteiger partial charge in [-0.25, -0.2) is 8.42 Å². The molecule has 3 aromatic carbocycles. The van der Waals surface area contributed by atoms with E-state index in [4.69, 9.17) is 4.74 Å². The van der Waals surface area contributed by atoms with Crippen molar-refractivity contribution < 1.29 is 31.1 Å². The zero-order valence-electron chi connectivity index (χ0n) is 18.1. The third kappa shape index (κ3) is 4.78. The lowest BCUT2D eigenvalue weighted by molar-refractivity contribution is -0.137. The van der Waals surface area contributed by atoms with Gasteiger partial charge in [-0.05, 0) is 47.5 Å². The summed E-state index contributed by atoms with van der Waals surface area (Å²) in [4.78, 5) is 14.4. The lowest BCUT2D eigenvalue weighted by Gasteiger charge is -2.22. The molecule has 0 unspecified atom stereocenters. The van der Waals surface area contributed by atoms with E-state index in [2.05, 4.69) is 0 Å². The Hall–Kier alpha value is -3.37. The van der Waals surface area contributed by atoms with Crippen LogP contribution in [-0.4, -0.2) is 32.3 Å². The number of rotatable bonds is 5. The minimum Gasteiger partial charge on any atom is -0.497 e. The molecule has 0 fully saturated rings. The molecule has 0 aromatic heterocycles. The second-order valence-corrected chi connectivity index (χ2v) is 9.68. The summed E-state index contributed by atoms with van der Waals surface area (Å²) >= 11 is 0. The minimum atomic E-state index is -4.53. The number of carbonyl (C=O) groups excluding carboxylic acids is 1. The van der Waals surface area contributed by atoms with E-state index in [9.17, 15) is 26.4 Å². The third-order valence-electron chi connectivity index (χ3n) is 5.47. The first-order valence-electron chi connectivity index (χ1n) is 10.3. The molecule has 178 valence electrons. The highest BCUT2D eigenvalue weighted by atomic mass is 32.2. The van der Waals surface area contributed by atoms with Gasteiger partial charge in [0.2, 0.25) is 15.9 Å². The lowest BCUT2D eigenvalue weighted by atomic mass is 10.1. The van der Waals surface area contributed by atoms with Gasteiger partial charge in [0.15, 0.2) is 0 Å². The molecule has 4 rings (SSSR count). The Morgan fingerprint density at radius 1 is 0.912 bits per heavy atom. The number of para-hydroxylation sites is 1. The number of amides is 1. The quantitative estimate of drug-likeness (QED) is 0.530. The number of halogens is 3. The predicted octanol–water partition coefficient (Wildman–Crippen LogP) is 4.45. The highest BCUT2D eigenvalue weighted by Gasteiger charge is 2.37. The first kappa shape index (κ1) is 23.8. The van der Waals surface area contributed by atoms with Crippen molar-refractivity contribution in [1.82, 2.24) is 4.31 Å². The highest BCUT2D eigenvalue weighted by molar-refractivity contribution is 7.89. The van der Waals surface area contributed by atoms with Gasteiger partial charge < -0.3 is 9.64 Å². The van der Waals surface area contributed by atoms with Crippen LogP contribution in [0.4, 0.5) is 18.9 Å². The lowest BCUT2D eigenvalue weighted by Crippen LogP contribution is -2.38. The first-order chi connectivity index (χ1) is 16.1. The van der Waals surface area contributed by atoms with E-state index < -0.39 is 34.2 Å². The number of carbonyl (C=O) groups is 1. The van der Waals surface area contributed by atoms with E-state index >= 15 is 0 Å². The maximum absolute atomic E-state index is 13.5. The van der Waals surface area contributed by atoms with Gasteiger partial charge in [0, 0.05) is 6.54 Å². The Balaban J connectivity index is 1.72. The number of sulfonamides is 1. The molecule has 1 amide bonds. The van der Waals surface area contributed by atoms with Crippen molar-refractivity contribution in [2.45, 2.75) is 24.2 Å². The van der Waals surface area contributed by atoms with E-state index in [1.165, 1.54) is 36.3 Å². The second kappa shape index (κ2) is 9.11. The predicted molar refractivity (Wildman–Crippen MR) is 120 cm³/mol. The Morgan fingerprint density at radius 2 is 1.59 bits per heavy atom. The molecule has 0 bridgehead atoms.